The van der Waals surface area contributed by atoms with E-state index in [9.17, 15) is 0 Å². The first-order valence-corrected chi connectivity index (χ1v) is 0. The van der Waals surface area contributed by atoms with Gasteiger partial charge in [-0.2, -0.15) is 0 Å². The molecule has 0 nitrogen and oxygen atoms in total. The molecule has 0 aliphatic carbocycles. The van der Waals surface area contributed by atoms with E-state index in [1.807, 2.05) is 0 Å². The minimum absolute atomic E-state index is 0. The summed E-state index contributed by atoms with van der Waals surface area (Å²) in [7, 11) is 0. The van der Waals surface area contributed by atoms with Crippen LogP contribution in [-0.2, 0) is 32.7 Å². The van der Waals surface area contributed by atoms with Gasteiger partial charge in [0.15, 0.2) is 0 Å². The summed E-state index contributed by atoms with van der Waals surface area (Å²) in [6.45, 7) is 0. The van der Waals surface area contributed by atoms with Crippen LogP contribution < -0.4 is 186 Å². The molecule has 20 heteroatoms. The second-order valence-electron chi connectivity index (χ2n) is 0. The Bertz CT molecular complexity index is 27.8. The molecule has 0 aromatic rings. The predicted octanol–water partition coefficient (Wildman–Crippen LogP) is -44.9. The molecule has 0 spiro atoms. The minimum atomic E-state index is 0. The maximum Gasteiger partial charge on any atom is 3.00 e. The van der Waals surface area contributed by atoms with Gasteiger partial charge < -0.3 is 186 Å². The van der Waals surface area contributed by atoms with Crippen LogP contribution in [0.1, 0.15) is 0 Å². The van der Waals surface area contributed by atoms with Crippen LogP contribution in [0.25, 0.3) is 0 Å². The Labute approximate surface area is 363 Å². The van der Waals surface area contributed by atoms with Gasteiger partial charge >= 0.3 is 187 Å². The molecule has 0 saturated heterocycles. The zero-order valence-electron chi connectivity index (χ0n) is 7.55. The largest absolute Gasteiger partial charge is 3.00 e. The normalized spacial score (nSPS) is 0. The molecule has 0 heterocycles. The summed E-state index contributed by atoms with van der Waals surface area (Å²) in [6, 6.07) is 0. The summed E-state index contributed by atoms with van der Waals surface area (Å²) in [6.07, 6.45) is 0. The van der Waals surface area contributed by atoms with Crippen LogP contribution in [0.15, 0.2) is 0 Å². The van der Waals surface area contributed by atoms with Gasteiger partial charge in [0.05, 0.1) is 0 Å². The Morgan fingerprint density at radius 3 is 0.300 bits per heavy atom. The summed E-state index contributed by atoms with van der Waals surface area (Å²) in [5.74, 6) is 0. The quantitative estimate of drug-likeness (QED) is 0.212. The maximum atomic E-state index is 0. The molecule has 146 valence electrons. The van der Waals surface area contributed by atoms with Gasteiger partial charge in [-0.25, -0.2) is 0 Å². The average Bonchev–Trinajstić information content (AvgIpc) is 0. The topological polar surface area (TPSA) is 0 Å². The molecule has 0 N–H and O–H groups in total. The number of hydrogen-bond acceptors (Lipinski definition) is 0. The molecular weight excluding hydrogens is 1260 g/mol. The third kappa shape index (κ3) is 194. The predicted molar refractivity (Wildman–Crippen MR) is 0 cm³/mol. The number of halogens is 15. The van der Waals surface area contributed by atoms with E-state index in [2.05, 4.69) is 0 Å². The molecule has 0 amide bonds. The Kier molecular flexibility index (Phi) is 2570. The van der Waals surface area contributed by atoms with Crippen molar-refractivity contribution >= 4 is 0 Å². The second-order valence-corrected chi connectivity index (χ2v) is 0. The molecule has 2 radical (unpaired) electrons. The Morgan fingerprint density at radius 2 is 0.300 bits per heavy atom. The van der Waals surface area contributed by atoms with E-state index in [4.69, 9.17) is 0 Å². The third-order valence-corrected chi connectivity index (χ3v) is 0. The van der Waals surface area contributed by atoms with Crippen molar-refractivity contribution in [2.45, 2.75) is 0 Å². The molecule has 0 rings (SSSR count). The van der Waals surface area contributed by atoms with E-state index in [1.165, 1.54) is 0 Å². The van der Waals surface area contributed by atoms with Gasteiger partial charge in [0.25, 0.3) is 0 Å². The van der Waals surface area contributed by atoms with Gasteiger partial charge in [-0.05, 0) is 0 Å². The molecule has 0 atom stereocenters. The van der Waals surface area contributed by atoms with Crippen molar-refractivity contribution in [2.24, 2.45) is 0 Å². The van der Waals surface area contributed by atoms with Crippen molar-refractivity contribution in [2.75, 3.05) is 0 Å². The van der Waals surface area contributed by atoms with Crippen LogP contribution in [0, 0.1) is 154 Å². The number of hydrogen-bond donors (Lipinski definition) is 0. The third-order valence-electron chi connectivity index (χ3n) is 0. The fourth-order valence-corrected chi connectivity index (χ4v) is 0. The first-order chi connectivity index (χ1) is 0. The SMILES string of the molecule is [Cl-].[Cl-].[Cl-].[Cl-].[Cl-].[Cl-].[Cl-].[Cl-].[Cl-].[Cl-].[Cl-].[Cl-].[Cl-].[Cl-].[Cl-].[Dy+3].[Gd+3].[Ho+3].[Tb+3].[Y+3]. The molecule has 0 fully saturated rings. The standard InChI is InChI=1S/15ClH.Dy.Gd.Ho.Tb.Y/h15*1H;;;;;/q;;;;;;;;;;;;;;;5*+3/p-15. The van der Waals surface area contributed by atoms with E-state index < -0.39 is 0 Å². The summed E-state index contributed by atoms with van der Waals surface area (Å²) >= 11 is 0. The molecular formula is Cl15DyGdHoTbY. The van der Waals surface area contributed by atoms with Gasteiger partial charge in [-0.1, -0.05) is 0 Å². The van der Waals surface area contributed by atoms with E-state index in [1.54, 1.807) is 0 Å². The van der Waals surface area contributed by atoms with Gasteiger partial charge in [0.1, 0.15) is 0 Å². The fourth-order valence-electron chi connectivity index (χ4n) is 0. The molecule has 20 heavy (non-hydrogen) atoms. The second kappa shape index (κ2) is 216. The monoisotopic (exact) mass is 1260 g/mol. The molecule has 0 aliphatic rings. The van der Waals surface area contributed by atoms with Crippen LogP contribution in [0.3, 0.4) is 0 Å². The van der Waals surface area contributed by atoms with E-state index in [-0.39, 0.29) is 373 Å². The molecule has 0 unspecified atom stereocenters. The van der Waals surface area contributed by atoms with Crippen molar-refractivity contribution in [1.82, 2.24) is 0 Å². The molecule has 0 aromatic heterocycles. The van der Waals surface area contributed by atoms with Crippen LogP contribution >= 0.6 is 0 Å². The van der Waals surface area contributed by atoms with Crippen LogP contribution in [0.2, 0.25) is 0 Å². The molecule has 0 bridgehead atoms. The van der Waals surface area contributed by atoms with Crippen molar-refractivity contribution in [1.29, 1.82) is 0 Å². The summed E-state index contributed by atoms with van der Waals surface area (Å²) in [5.41, 5.74) is 0. The Morgan fingerprint density at radius 1 is 0.300 bits per heavy atom. The van der Waals surface area contributed by atoms with Gasteiger partial charge in [-0.15, -0.1) is 0 Å². The van der Waals surface area contributed by atoms with Crippen LogP contribution in [-0.4, -0.2) is 0 Å². The minimum Gasteiger partial charge on any atom is -1.00 e. The Hall–Kier alpha value is 10.6. The molecule has 0 saturated carbocycles. The number of rotatable bonds is 0. The van der Waals surface area contributed by atoms with Crippen molar-refractivity contribution in [3.05, 3.63) is 0 Å². The van der Waals surface area contributed by atoms with E-state index in [0.717, 1.165) is 0 Å². The van der Waals surface area contributed by atoms with Crippen LogP contribution in [0.5, 0.6) is 0 Å². The van der Waals surface area contributed by atoms with E-state index in [0.29, 0.717) is 0 Å². The summed E-state index contributed by atoms with van der Waals surface area (Å²) < 4.78 is 0. The average molecular weight is 1260 g/mol. The van der Waals surface area contributed by atoms with Gasteiger partial charge in [-0.3, -0.25) is 0 Å². The van der Waals surface area contributed by atoms with Crippen molar-refractivity contribution in [3.63, 3.8) is 0 Å². The van der Waals surface area contributed by atoms with E-state index >= 15 is 0 Å². The molecule has 0 aliphatic heterocycles. The van der Waals surface area contributed by atoms with Crippen LogP contribution in [0.4, 0.5) is 0 Å². The van der Waals surface area contributed by atoms with Crippen molar-refractivity contribution in [3.8, 4) is 0 Å². The molecule has 0 aromatic carbocycles. The smallest absolute Gasteiger partial charge is 1.00 e. The fraction of sp³-hybridized carbons (Fsp3) is 0. The summed E-state index contributed by atoms with van der Waals surface area (Å²) in [4.78, 5) is 0. The summed E-state index contributed by atoms with van der Waals surface area (Å²) in [5, 5.41) is 0. The zero-order chi connectivity index (χ0) is 0. The zero-order valence-corrected chi connectivity index (χ0v) is 30.1. The first-order valence-electron chi connectivity index (χ1n) is 0. The first kappa shape index (κ1) is 239. The van der Waals surface area contributed by atoms with Gasteiger partial charge in [0.2, 0.25) is 0 Å². The van der Waals surface area contributed by atoms with Crippen molar-refractivity contribution < 1.29 is 373 Å². The van der Waals surface area contributed by atoms with Gasteiger partial charge in [0, 0.05) is 0 Å². The Balaban J connectivity index is 0. The maximum absolute atomic E-state index is 0.